The zero-order valence-electron chi connectivity index (χ0n) is 8.58. The smallest absolute Gasteiger partial charge is 0.159 e. The molecule has 3 atom stereocenters. The molecular formula is C12H14F2O. The van der Waals surface area contributed by atoms with Crippen molar-refractivity contribution >= 4 is 0 Å². The van der Waals surface area contributed by atoms with E-state index in [1.54, 1.807) is 0 Å². The van der Waals surface area contributed by atoms with Gasteiger partial charge in [0.1, 0.15) is 0 Å². The van der Waals surface area contributed by atoms with E-state index < -0.39 is 17.7 Å². The van der Waals surface area contributed by atoms with Crippen molar-refractivity contribution in [3.05, 3.63) is 35.4 Å². The first-order chi connectivity index (χ1) is 7.08. The van der Waals surface area contributed by atoms with Gasteiger partial charge < -0.3 is 5.11 Å². The van der Waals surface area contributed by atoms with Crippen LogP contribution in [0.4, 0.5) is 8.78 Å². The lowest BCUT2D eigenvalue weighted by Crippen LogP contribution is -2.14. The molecule has 0 heterocycles. The SMILES string of the molecule is CC1CC1C(O)Cc1ccc(F)c(F)c1. The van der Waals surface area contributed by atoms with Crippen LogP contribution in [0.5, 0.6) is 0 Å². The number of hydrogen-bond donors (Lipinski definition) is 1. The van der Waals surface area contributed by atoms with E-state index in [1.807, 2.05) is 0 Å². The first-order valence-electron chi connectivity index (χ1n) is 5.20. The minimum Gasteiger partial charge on any atom is -0.392 e. The van der Waals surface area contributed by atoms with Crippen LogP contribution < -0.4 is 0 Å². The van der Waals surface area contributed by atoms with Crippen LogP contribution in [0, 0.1) is 23.5 Å². The Morgan fingerprint density at radius 1 is 1.40 bits per heavy atom. The number of aliphatic hydroxyl groups is 1. The summed E-state index contributed by atoms with van der Waals surface area (Å²) in [5, 5.41) is 9.76. The van der Waals surface area contributed by atoms with Crippen molar-refractivity contribution in [1.29, 1.82) is 0 Å². The van der Waals surface area contributed by atoms with Crippen molar-refractivity contribution < 1.29 is 13.9 Å². The van der Waals surface area contributed by atoms with Gasteiger partial charge in [-0.05, 0) is 42.4 Å². The highest BCUT2D eigenvalue weighted by atomic mass is 19.2. The molecule has 0 spiro atoms. The van der Waals surface area contributed by atoms with Crippen LogP contribution in [0.1, 0.15) is 18.9 Å². The average molecular weight is 212 g/mol. The summed E-state index contributed by atoms with van der Waals surface area (Å²) in [7, 11) is 0. The van der Waals surface area contributed by atoms with Gasteiger partial charge in [-0.25, -0.2) is 8.78 Å². The van der Waals surface area contributed by atoms with Crippen molar-refractivity contribution in [3.8, 4) is 0 Å². The van der Waals surface area contributed by atoms with Gasteiger partial charge >= 0.3 is 0 Å². The molecule has 1 aromatic carbocycles. The van der Waals surface area contributed by atoms with E-state index in [-0.39, 0.29) is 0 Å². The van der Waals surface area contributed by atoms with Gasteiger partial charge in [-0.1, -0.05) is 13.0 Å². The lowest BCUT2D eigenvalue weighted by atomic mass is 10.0. The first kappa shape index (κ1) is 10.6. The number of benzene rings is 1. The molecule has 1 aromatic rings. The van der Waals surface area contributed by atoms with Crippen LogP contribution in [0.25, 0.3) is 0 Å². The van der Waals surface area contributed by atoms with Crippen molar-refractivity contribution in [2.45, 2.75) is 25.9 Å². The van der Waals surface area contributed by atoms with Crippen molar-refractivity contribution in [2.75, 3.05) is 0 Å². The largest absolute Gasteiger partial charge is 0.392 e. The molecule has 0 bridgehead atoms. The third kappa shape index (κ3) is 2.34. The van der Waals surface area contributed by atoms with Gasteiger partial charge in [-0.15, -0.1) is 0 Å². The highest BCUT2D eigenvalue weighted by Gasteiger charge is 2.38. The Bertz CT molecular complexity index is 365. The molecule has 1 nitrogen and oxygen atoms in total. The Hall–Kier alpha value is -0.960. The summed E-state index contributed by atoms with van der Waals surface area (Å²) in [5.74, 6) is -0.792. The molecule has 2 rings (SSSR count). The molecule has 0 radical (unpaired) electrons. The summed E-state index contributed by atoms with van der Waals surface area (Å²) < 4.78 is 25.5. The predicted molar refractivity (Wildman–Crippen MR) is 53.3 cm³/mol. The van der Waals surface area contributed by atoms with Gasteiger partial charge in [0.15, 0.2) is 11.6 Å². The van der Waals surface area contributed by atoms with E-state index in [0.29, 0.717) is 23.8 Å². The molecule has 1 aliphatic rings. The van der Waals surface area contributed by atoms with Crippen LogP contribution in [-0.2, 0) is 6.42 Å². The van der Waals surface area contributed by atoms with Gasteiger partial charge in [0.05, 0.1) is 6.10 Å². The lowest BCUT2D eigenvalue weighted by Gasteiger charge is -2.09. The van der Waals surface area contributed by atoms with E-state index in [2.05, 4.69) is 6.92 Å². The third-order valence-corrected chi connectivity index (χ3v) is 3.09. The molecule has 1 aliphatic carbocycles. The lowest BCUT2D eigenvalue weighted by molar-refractivity contribution is 0.146. The molecule has 1 saturated carbocycles. The zero-order valence-corrected chi connectivity index (χ0v) is 8.58. The van der Waals surface area contributed by atoms with Gasteiger partial charge in [-0.3, -0.25) is 0 Å². The van der Waals surface area contributed by atoms with E-state index in [1.165, 1.54) is 6.07 Å². The highest BCUT2D eigenvalue weighted by Crippen LogP contribution is 2.41. The Morgan fingerprint density at radius 2 is 2.07 bits per heavy atom. The minimum atomic E-state index is -0.844. The molecule has 0 aromatic heterocycles. The van der Waals surface area contributed by atoms with Crippen LogP contribution in [0.3, 0.4) is 0 Å². The monoisotopic (exact) mass is 212 g/mol. The summed E-state index contributed by atoms with van der Waals surface area (Å²) in [6, 6.07) is 3.79. The third-order valence-electron chi connectivity index (χ3n) is 3.09. The molecule has 0 amide bonds. The van der Waals surface area contributed by atoms with Gasteiger partial charge in [0, 0.05) is 0 Å². The number of halogens is 2. The van der Waals surface area contributed by atoms with E-state index in [4.69, 9.17) is 0 Å². The maximum atomic E-state index is 12.9. The second-order valence-electron chi connectivity index (χ2n) is 4.40. The second kappa shape index (κ2) is 3.89. The summed E-state index contributed by atoms with van der Waals surface area (Å²) in [6.45, 7) is 2.08. The molecule has 15 heavy (non-hydrogen) atoms. The van der Waals surface area contributed by atoms with E-state index in [9.17, 15) is 13.9 Å². The van der Waals surface area contributed by atoms with Crippen molar-refractivity contribution in [3.63, 3.8) is 0 Å². The minimum absolute atomic E-state index is 0.332. The maximum absolute atomic E-state index is 12.9. The Labute approximate surface area is 87.7 Å². The fraction of sp³-hybridized carbons (Fsp3) is 0.500. The molecular weight excluding hydrogens is 198 g/mol. The topological polar surface area (TPSA) is 20.2 Å². The number of rotatable bonds is 3. The van der Waals surface area contributed by atoms with Gasteiger partial charge in [-0.2, -0.15) is 0 Å². The van der Waals surface area contributed by atoms with E-state index >= 15 is 0 Å². The molecule has 1 fully saturated rings. The first-order valence-corrected chi connectivity index (χ1v) is 5.20. The van der Waals surface area contributed by atoms with Crippen LogP contribution in [-0.4, -0.2) is 11.2 Å². The average Bonchev–Trinajstić information content (AvgIpc) is 2.89. The number of hydrogen-bond acceptors (Lipinski definition) is 1. The Balaban J connectivity index is 2.01. The molecule has 0 saturated heterocycles. The quantitative estimate of drug-likeness (QED) is 0.816. The van der Waals surface area contributed by atoms with Crippen LogP contribution >= 0.6 is 0 Å². The van der Waals surface area contributed by atoms with Crippen LogP contribution in [0.15, 0.2) is 18.2 Å². The van der Waals surface area contributed by atoms with Crippen molar-refractivity contribution in [1.82, 2.24) is 0 Å². The predicted octanol–water partition coefficient (Wildman–Crippen LogP) is 2.52. The molecule has 82 valence electrons. The van der Waals surface area contributed by atoms with Crippen molar-refractivity contribution in [2.24, 2.45) is 11.8 Å². The van der Waals surface area contributed by atoms with Gasteiger partial charge in [0.25, 0.3) is 0 Å². The standard InChI is InChI=1S/C12H14F2O/c1-7-4-9(7)12(15)6-8-2-3-10(13)11(14)5-8/h2-3,5,7,9,12,15H,4,6H2,1H3. The summed E-state index contributed by atoms with van der Waals surface area (Å²) in [5.41, 5.74) is 0.653. The highest BCUT2D eigenvalue weighted by molar-refractivity contribution is 5.19. The Kier molecular flexibility index (Phi) is 2.74. The summed E-state index contributed by atoms with van der Waals surface area (Å²) >= 11 is 0. The normalized spacial score (nSPS) is 26.4. The molecule has 3 unspecified atom stereocenters. The fourth-order valence-electron chi connectivity index (χ4n) is 1.95. The fourth-order valence-corrected chi connectivity index (χ4v) is 1.95. The molecule has 3 heteroatoms. The summed E-state index contributed by atoms with van der Waals surface area (Å²) in [4.78, 5) is 0. The zero-order chi connectivity index (χ0) is 11.0. The van der Waals surface area contributed by atoms with E-state index in [0.717, 1.165) is 18.6 Å². The number of aliphatic hydroxyl groups excluding tert-OH is 1. The summed E-state index contributed by atoms with van der Waals surface area (Å²) in [6.07, 6.45) is 1.02. The Morgan fingerprint density at radius 3 is 2.60 bits per heavy atom. The van der Waals surface area contributed by atoms with Crippen LogP contribution in [0.2, 0.25) is 0 Å². The van der Waals surface area contributed by atoms with Gasteiger partial charge in [0.2, 0.25) is 0 Å². The molecule has 1 N–H and O–H groups in total. The second-order valence-corrected chi connectivity index (χ2v) is 4.40. The maximum Gasteiger partial charge on any atom is 0.159 e. The molecule has 0 aliphatic heterocycles.